The van der Waals surface area contributed by atoms with Crippen molar-refractivity contribution >= 4 is 5.78 Å². The molecule has 0 fully saturated rings. The largest absolute Gasteiger partial charge is 0.396 e. The van der Waals surface area contributed by atoms with Gasteiger partial charge in [-0.15, -0.1) is 0 Å². The van der Waals surface area contributed by atoms with Crippen LogP contribution in [-0.4, -0.2) is 17.5 Å². The van der Waals surface area contributed by atoms with E-state index in [9.17, 15) is 4.79 Å². The van der Waals surface area contributed by atoms with Gasteiger partial charge in [0.1, 0.15) is 0 Å². The smallest absolute Gasteiger partial charge is 0.158 e. The van der Waals surface area contributed by atoms with Gasteiger partial charge in [-0.1, -0.05) is 6.58 Å². The van der Waals surface area contributed by atoms with Crippen molar-refractivity contribution in [1.82, 2.24) is 0 Å². The zero-order chi connectivity index (χ0) is 7.28. The summed E-state index contributed by atoms with van der Waals surface area (Å²) < 4.78 is 0. The van der Waals surface area contributed by atoms with E-state index in [0.29, 0.717) is 18.4 Å². The minimum atomic E-state index is 0.0454. The molecule has 0 saturated carbocycles. The van der Waals surface area contributed by atoms with Crippen LogP contribution in [0.5, 0.6) is 0 Å². The van der Waals surface area contributed by atoms with Gasteiger partial charge in [-0.25, -0.2) is 0 Å². The molecular weight excluding hydrogens is 116 g/mol. The average Bonchev–Trinajstić information content (AvgIpc) is 1.82. The number of Topliss-reactive ketones (excluding diaryl/α,β-unsaturated/α-hetero) is 1. The maximum absolute atomic E-state index is 10.7. The predicted molar refractivity (Wildman–Crippen MR) is 36.1 cm³/mol. The Morgan fingerprint density at radius 2 is 2.22 bits per heavy atom. The molecular formula is C7H12O2. The van der Waals surface area contributed by atoms with E-state index in [1.165, 1.54) is 0 Å². The SMILES string of the molecule is C=C(C)C(=O)CCCO. The van der Waals surface area contributed by atoms with E-state index in [-0.39, 0.29) is 12.4 Å². The summed E-state index contributed by atoms with van der Waals surface area (Å²) >= 11 is 0. The molecule has 0 aliphatic rings. The number of allylic oxidation sites excluding steroid dienone is 1. The van der Waals surface area contributed by atoms with Crippen molar-refractivity contribution in [1.29, 1.82) is 0 Å². The molecule has 0 amide bonds. The van der Waals surface area contributed by atoms with Crippen molar-refractivity contribution < 1.29 is 9.90 Å². The fraction of sp³-hybridized carbons (Fsp3) is 0.571. The van der Waals surface area contributed by atoms with Crippen molar-refractivity contribution in [3.63, 3.8) is 0 Å². The highest BCUT2D eigenvalue weighted by Crippen LogP contribution is 1.97. The fourth-order valence-electron chi connectivity index (χ4n) is 0.453. The molecule has 0 heterocycles. The standard InChI is InChI=1S/C7H12O2/c1-6(2)7(9)4-3-5-8/h8H,1,3-5H2,2H3. The Morgan fingerprint density at radius 3 is 2.56 bits per heavy atom. The maximum Gasteiger partial charge on any atom is 0.158 e. The van der Waals surface area contributed by atoms with Crippen LogP contribution in [0, 0.1) is 0 Å². The molecule has 52 valence electrons. The summed E-state index contributed by atoms with van der Waals surface area (Å²) in [5.41, 5.74) is 0.573. The van der Waals surface area contributed by atoms with Gasteiger partial charge in [-0.3, -0.25) is 4.79 Å². The number of carbonyl (C=O) groups excluding carboxylic acids is 1. The molecule has 0 bridgehead atoms. The Balaban J connectivity index is 3.39. The topological polar surface area (TPSA) is 37.3 Å². The summed E-state index contributed by atoms with van der Waals surface area (Å²) in [6, 6.07) is 0. The molecule has 0 spiro atoms. The lowest BCUT2D eigenvalue weighted by molar-refractivity contribution is -0.115. The van der Waals surface area contributed by atoms with Crippen LogP contribution < -0.4 is 0 Å². The lowest BCUT2D eigenvalue weighted by atomic mass is 10.1. The van der Waals surface area contributed by atoms with E-state index < -0.39 is 0 Å². The summed E-state index contributed by atoms with van der Waals surface area (Å²) in [5.74, 6) is 0.0454. The van der Waals surface area contributed by atoms with Gasteiger partial charge in [0.15, 0.2) is 5.78 Å². The molecule has 0 aromatic heterocycles. The van der Waals surface area contributed by atoms with Crippen LogP contribution in [0.25, 0.3) is 0 Å². The number of hydrogen-bond donors (Lipinski definition) is 1. The van der Waals surface area contributed by atoms with E-state index in [1.54, 1.807) is 6.92 Å². The Morgan fingerprint density at radius 1 is 1.67 bits per heavy atom. The minimum absolute atomic E-state index is 0.0454. The van der Waals surface area contributed by atoms with Crippen molar-refractivity contribution in [2.45, 2.75) is 19.8 Å². The van der Waals surface area contributed by atoms with Crippen LogP contribution in [-0.2, 0) is 4.79 Å². The molecule has 0 aromatic carbocycles. The highest BCUT2D eigenvalue weighted by molar-refractivity contribution is 5.93. The number of carbonyl (C=O) groups is 1. The quantitative estimate of drug-likeness (QED) is 0.571. The third-order valence-corrected chi connectivity index (χ3v) is 1.04. The summed E-state index contributed by atoms with van der Waals surface area (Å²) in [7, 11) is 0. The summed E-state index contributed by atoms with van der Waals surface area (Å²) in [6.45, 7) is 5.24. The van der Waals surface area contributed by atoms with E-state index >= 15 is 0 Å². The monoisotopic (exact) mass is 128 g/mol. The highest BCUT2D eigenvalue weighted by atomic mass is 16.3. The predicted octanol–water partition coefficient (Wildman–Crippen LogP) is 0.904. The molecule has 0 aliphatic carbocycles. The number of ketones is 1. The lowest BCUT2D eigenvalue weighted by Crippen LogP contribution is -1.98. The average molecular weight is 128 g/mol. The number of rotatable bonds is 4. The second-order valence-electron chi connectivity index (χ2n) is 2.03. The van der Waals surface area contributed by atoms with Crippen LogP contribution in [0.4, 0.5) is 0 Å². The normalized spacial score (nSPS) is 9.11. The molecule has 0 radical (unpaired) electrons. The summed E-state index contributed by atoms with van der Waals surface area (Å²) in [6.07, 6.45) is 0.970. The zero-order valence-electron chi connectivity index (χ0n) is 5.68. The first-order valence-electron chi connectivity index (χ1n) is 2.98. The van der Waals surface area contributed by atoms with Crippen LogP contribution in [0.15, 0.2) is 12.2 Å². The highest BCUT2D eigenvalue weighted by Gasteiger charge is 1.99. The Bertz CT molecular complexity index is 116. The van der Waals surface area contributed by atoms with Gasteiger partial charge in [0.2, 0.25) is 0 Å². The van der Waals surface area contributed by atoms with Gasteiger partial charge >= 0.3 is 0 Å². The van der Waals surface area contributed by atoms with E-state index in [2.05, 4.69) is 6.58 Å². The van der Waals surface area contributed by atoms with Gasteiger partial charge in [-0.2, -0.15) is 0 Å². The third-order valence-electron chi connectivity index (χ3n) is 1.04. The van der Waals surface area contributed by atoms with E-state index in [0.717, 1.165) is 0 Å². The van der Waals surface area contributed by atoms with Gasteiger partial charge in [0.25, 0.3) is 0 Å². The van der Waals surface area contributed by atoms with Gasteiger partial charge in [0, 0.05) is 13.0 Å². The Hall–Kier alpha value is -0.630. The number of hydrogen-bond acceptors (Lipinski definition) is 2. The van der Waals surface area contributed by atoms with Crippen molar-refractivity contribution in [3.05, 3.63) is 12.2 Å². The van der Waals surface area contributed by atoms with Gasteiger partial charge in [0.05, 0.1) is 0 Å². The lowest BCUT2D eigenvalue weighted by Gasteiger charge is -1.94. The van der Waals surface area contributed by atoms with Crippen LogP contribution in [0.1, 0.15) is 19.8 Å². The maximum atomic E-state index is 10.7. The number of aliphatic hydroxyl groups excluding tert-OH is 1. The first kappa shape index (κ1) is 8.37. The van der Waals surface area contributed by atoms with E-state index in [4.69, 9.17) is 5.11 Å². The van der Waals surface area contributed by atoms with Crippen LogP contribution in [0.3, 0.4) is 0 Å². The van der Waals surface area contributed by atoms with Gasteiger partial charge in [-0.05, 0) is 18.9 Å². The molecule has 2 nitrogen and oxygen atoms in total. The zero-order valence-corrected chi connectivity index (χ0v) is 5.68. The summed E-state index contributed by atoms with van der Waals surface area (Å²) in [4.78, 5) is 10.7. The van der Waals surface area contributed by atoms with Gasteiger partial charge < -0.3 is 5.11 Å². The summed E-state index contributed by atoms with van der Waals surface area (Å²) in [5, 5.41) is 8.32. The molecule has 0 atom stereocenters. The molecule has 0 saturated heterocycles. The number of aliphatic hydroxyl groups is 1. The second-order valence-corrected chi connectivity index (χ2v) is 2.03. The Kier molecular flexibility index (Phi) is 3.97. The molecule has 0 rings (SSSR count). The first-order chi connectivity index (χ1) is 4.18. The first-order valence-corrected chi connectivity index (χ1v) is 2.98. The van der Waals surface area contributed by atoms with Crippen molar-refractivity contribution in [3.8, 4) is 0 Å². The molecule has 9 heavy (non-hydrogen) atoms. The Labute approximate surface area is 55.2 Å². The molecule has 2 heteroatoms. The molecule has 0 unspecified atom stereocenters. The second kappa shape index (κ2) is 4.27. The van der Waals surface area contributed by atoms with Crippen molar-refractivity contribution in [2.24, 2.45) is 0 Å². The van der Waals surface area contributed by atoms with Crippen molar-refractivity contribution in [2.75, 3.05) is 6.61 Å². The van der Waals surface area contributed by atoms with Crippen LogP contribution in [0.2, 0.25) is 0 Å². The minimum Gasteiger partial charge on any atom is -0.396 e. The third kappa shape index (κ3) is 3.91. The van der Waals surface area contributed by atoms with Crippen LogP contribution >= 0.6 is 0 Å². The fourth-order valence-corrected chi connectivity index (χ4v) is 0.453. The van der Waals surface area contributed by atoms with E-state index in [1.807, 2.05) is 0 Å². The molecule has 0 aromatic rings. The molecule has 0 aliphatic heterocycles. The molecule has 1 N–H and O–H groups in total.